The lowest BCUT2D eigenvalue weighted by atomic mass is 9.85. The van der Waals surface area contributed by atoms with Crippen LogP contribution in [0.3, 0.4) is 0 Å². The maximum atomic E-state index is 13.8. The number of likely N-dealkylation sites (tertiary alicyclic amines) is 1. The monoisotopic (exact) mass is 578 g/mol. The van der Waals surface area contributed by atoms with Gasteiger partial charge in [0.05, 0.1) is 29.0 Å². The average molecular weight is 579 g/mol. The predicted molar refractivity (Wildman–Crippen MR) is 146 cm³/mol. The van der Waals surface area contributed by atoms with E-state index in [-0.39, 0.29) is 40.0 Å². The van der Waals surface area contributed by atoms with Gasteiger partial charge in [-0.2, -0.15) is 4.98 Å². The van der Waals surface area contributed by atoms with Crippen LogP contribution in [0, 0.1) is 11.7 Å². The summed E-state index contributed by atoms with van der Waals surface area (Å²) in [6.07, 6.45) is 5.57. The molecule has 11 nitrogen and oxygen atoms in total. The number of nitrogens with two attached hydrogens (primary N) is 1. The lowest BCUT2D eigenvalue weighted by Gasteiger charge is -2.32. The zero-order chi connectivity index (χ0) is 27.7. The van der Waals surface area contributed by atoms with E-state index in [4.69, 9.17) is 43.6 Å². The van der Waals surface area contributed by atoms with Crippen molar-refractivity contribution < 1.29 is 18.7 Å². The van der Waals surface area contributed by atoms with Crippen LogP contribution in [-0.4, -0.2) is 62.7 Å². The molecule has 2 fully saturated rings. The van der Waals surface area contributed by atoms with Crippen molar-refractivity contribution in [3.8, 4) is 0 Å². The van der Waals surface area contributed by atoms with Gasteiger partial charge in [-0.05, 0) is 50.7 Å². The van der Waals surface area contributed by atoms with Gasteiger partial charge in [0.2, 0.25) is 17.8 Å². The fraction of sp³-hybridized carbons (Fsp3) is 0.480. The largest absolute Gasteiger partial charge is 0.453 e. The number of piperidine rings is 1. The molecule has 0 bridgehead atoms. The number of benzene rings is 1. The first-order chi connectivity index (χ1) is 18.7. The van der Waals surface area contributed by atoms with Gasteiger partial charge < -0.3 is 26.0 Å². The third kappa shape index (κ3) is 5.81. The highest BCUT2D eigenvalue weighted by atomic mass is 35.5. The van der Waals surface area contributed by atoms with Crippen LogP contribution < -0.4 is 16.4 Å². The van der Waals surface area contributed by atoms with Crippen molar-refractivity contribution in [1.82, 2.24) is 24.4 Å². The van der Waals surface area contributed by atoms with Crippen molar-refractivity contribution in [2.24, 2.45) is 11.7 Å². The first kappa shape index (κ1) is 27.2. The molecule has 3 heterocycles. The van der Waals surface area contributed by atoms with Gasteiger partial charge in [-0.3, -0.25) is 9.36 Å². The van der Waals surface area contributed by atoms with Crippen molar-refractivity contribution in [1.29, 1.82) is 0 Å². The van der Waals surface area contributed by atoms with Crippen molar-refractivity contribution in [3.63, 3.8) is 0 Å². The van der Waals surface area contributed by atoms with Crippen LogP contribution in [0.5, 0.6) is 0 Å². The van der Waals surface area contributed by atoms with Crippen LogP contribution in [0.4, 0.5) is 26.8 Å². The van der Waals surface area contributed by atoms with Gasteiger partial charge in [-0.25, -0.2) is 19.2 Å². The highest BCUT2D eigenvalue weighted by Crippen LogP contribution is 2.39. The van der Waals surface area contributed by atoms with Crippen molar-refractivity contribution in [2.45, 2.75) is 50.6 Å². The number of imidazole rings is 1. The molecule has 0 spiro atoms. The number of anilines is 3. The Labute approximate surface area is 234 Å². The van der Waals surface area contributed by atoms with Crippen molar-refractivity contribution in [2.75, 3.05) is 30.8 Å². The molecule has 14 heteroatoms. The zero-order valence-corrected chi connectivity index (χ0v) is 22.8. The molecule has 0 unspecified atom stereocenters. The summed E-state index contributed by atoms with van der Waals surface area (Å²) in [7, 11) is 1.37. The van der Waals surface area contributed by atoms with Crippen molar-refractivity contribution in [3.05, 3.63) is 34.2 Å². The SMILES string of the molecule is COC(=O)N1CCC[C@@H](Nc2ncc3nc(Nc4c(Cl)cc(F)cc4Cl)n(C4CCC(C(N)=O)CC4)c3n2)C1. The van der Waals surface area contributed by atoms with E-state index >= 15 is 0 Å². The molecule has 208 valence electrons. The number of methoxy groups -OCH3 is 1. The maximum Gasteiger partial charge on any atom is 0.409 e. The Morgan fingerprint density at radius 2 is 1.85 bits per heavy atom. The summed E-state index contributed by atoms with van der Waals surface area (Å²) in [4.78, 5) is 39.4. The van der Waals surface area contributed by atoms with E-state index in [0.717, 1.165) is 12.8 Å². The second-order valence-corrected chi connectivity index (χ2v) is 10.7. The molecule has 2 aliphatic rings. The molecule has 2 amide bonds. The summed E-state index contributed by atoms with van der Waals surface area (Å²) in [6, 6.07) is 2.25. The number of fused-ring (bicyclic) bond motifs is 1. The summed E-state index contributed by atoms with van der Waals surface area (Å²) in [5, 5.41) is 6.72. The molecule has 1 atom stereocenters. The van der Waals surface area contributed by atoms with Crippen LogP contribution in [0.25, 0.3) is 11.2 Å². The van der Waals surface area contributed by atoms with Crippen LogP contribution in [0.2, 0.25) is 10.0 Å². The van der Waals surface area contributed by atoms with Crippen LogP contribution in [-0.2, 0) is 9.53 Å². The highest BCUT2D eigenvalue weighted by Gasteiger charge is 2.30. The molecule has 0 radical (unpaired) electrons. The second-order valence-electron chi connectivity index (χ2n) is 9.88. The van der Waals surface area contributed by atoms with Gasteiger partial charge in [0.15, 0.2) is 5.65 Å². The van der Waals surface area contributed by atoms with Gasteiger partial charge in [-0.1, -0.05) is 23.2 Å². The third-order valence-electron chi connectivity index (χ3n) is 7.33. The fourth-order valence-electron chi connectivity index (χ4n) is 5.36. The minimum absolute atomic E-state index is 0.0432. The third-order valence-corrected chi connectivity index (χ3v) is 7.92. The number of ether oxygens (including phenoxy) is 1. The second kappa shape index (κ2) is 11.4. The van der Waals surface area contributed by atoms with Gasteiger partial charge >= 0.3 is 6.09 Å². The minimum atomic E-state index is -0.552. The highest BCUT2D eigenvalue weighted by molar-refractivity contribution is 6.39. The molecule has 2 aromatic heterocycles. The number of amides is 2. The van der Waals surface area contributed by atoms with Crippen LogP contribution >= 0.6 is 23.2 Å². The number of nitrogens with zero attached hydrogens (tertiary/aromatic N) is 5. The van der Waals surface area contributed by atoms with Crippen LogP contribution in [0.1, 0.15) is 44.6 Å². The fourth-order valence-corrected chi connectivity index (χ4v) is 5.91. The topological polar surface area (TPSA) is 140 Å². The Morgan fingerprint density at radius 1 is 1.13 bits per heavy atom. The molecule has 1 saturated carbocycles. The Kier molecular flexibility index (Phi) is 7.94. The van der Waals surface area contributed by atoms with E-state index < -0.39 is 5.82 Å². The molecule has 5 rings (SSSR count). The van der Waals surface area contributed by atoms with E-state index in [0.29, 0.717) is 67.5 Å². The predicted octanol–water partition coefficient (Wildman–Crippen LogP) is 4.88. The number of carbonyl (C=O) groups is 2. The molecule has 1 saturated heterocycles. The Hall–Kier alpha value is -3.38. The van der Waals surface area contributed by atoms with Gasteiger partial charge in [0, 0.05) is 31.1 Å². The Morgan fingerprint density at radius 3 is 2.51 bits per heavy atom. The van der Waals surface area contributed by atoms with E-state index in [2.05, 4.69) is 15.6 Å². The quantitative estimate of drug-likeness (QED) is 0.376. The molecular formula is C25H29Cl2FN8O3. The van der Waals surface area contributed by atoms with Gasteiger partial charge in [0.1, 0.15) is 11.3 Å². The number of hydrogen-bond donors (Lipinski definition) is 3. The van der Waals surface area contributed by atoms with Gasteiger partial charge in [-0.15, -0.1) is 0 Å². The summed E-state index contributed by atoms with van der Waals surface area (Å²) >= 11 is 12.6. The van der Waals surface area contributed by atoms with E-state index in [1.54, 1.807) is 11.1 Å². The number of nitrogens with one attached hydrogen (secondary N) is 2. The van der Waals surface area contributed by atoms with Gasteiger partial charge in [0.25, 0.3) is 0 Å². The number of primary amides is 1. The zero-order valence-electron chi connectivity index (χ0n) is 21.3. The molecule has 39 heavy (non-hydrogen) atoms. The number of carbonyl (C=O) groups excluding carboxylic acids is 2. The maximum absolute atomic E-state index is 13.8. The lowest BCUT2D eigenvalue weighted by Crippen LogP contribution is -2.45. The minimum Gasteiger partial charge on any atom is -0.453 e. The van der Waals surface area contributed by atoms with E-state index in [1.165, 1.54) is 19.2 Å². The first-order valence-electron chi connectivity index (χ1n) is 12.8. The number of aromatic nitrogens is 4. The Balaban J connectivity index is 1.48. The standard InChI is InChI=1S/C25H29Cl2FN8O3/c1-39-25(38)35-8-2-3-15(12-35)31-23-30-11-19-22(34-23)36(16-6-4-13(5-7-16)21(29)37)24(32-19)33-20-17(26)9-14(28)10-18(20)27/h9-11,13,15-16H,2-8,12H2,1H3,(H2,29,37)(H,32,33)(H,30,31,34)/t13?,15-,16?/m1/s1. The molecular weight excluding hydrogens is 550 g/mol. The molecule has 1 aliphatic carbocycles. The first-order valence-corrected chi connectivity index (χ1v) is 13.5. The molecule has 1 aromatic carbocycles. The average Bonchev–Trinajstić information content (AvgIpc) is 3.27. The molecule has 3 aromatic rings. The number of hydrogen-bond acceptors (Lipinski definition) is 8. The number of halogens is 3. The van der Waals surface area contributed by atoms with E-state index in [1.807, 2.05) is 4.57 Å². The van der Waals surface area contributed by atoms with Crippen LogP contribution in [0.15, 0.2) is 18.3 Å². The smallest absolute Gasteiger partial charge is 0.409 e. The summed E-state index contributed by atoms with van der Waals surface area (Å²) in [5.74, 6) is -0.206. The number of rotatable bonds is 6. The lowest BCUT2D eigenvalue weighted by molar-refractivity contribution is -0.122. The summed E-state index contributed by atoms with van der Waals surface area (Å²) < 4.78 is 20.6. The normalized spacial score (nSPS) is 21.5. The van der Waals surface area contributed by atoms with Crippen molar-refractivity contribution >= 4 is 64.0 Å². The summed E-state index contributed by atoms with van der Waals surface area (Å²) in [6.45, 7) is 1.11. The molecule has 4 N–H and O–H groups in total. The molecule has 1 aliphatic heterocycles. The Bertz CT molecular complexity index is 1370. The van der Waals surface area contributed by atoms with E-state index in [9.17, 15) is 14.0 Å². The summed E-state index contributed by atoms with van der Waals surface area (Å²) in [5.41, 5.74) is 6.98.